The zero-order valence-electron chi connectivity index (χ0n) is 22.9. The van der Waals surface area contributed by atoms with Crippen LogP contribution < -0.4 is 0 Å². The SMILES string of the molecule is CC(C)(C)OC(=O)N1CCC(c2cc3c(-c4cc5c(ccn5Cc5cccc(F)c5)cc4F)ccnc3[nH]2)CC1. The van der Waals surface area contributed by atoms with E-state index in [0.717, 1.165) is 46.0 Å². The first-order valence-corrected chi connectivity index (χ1v) is 13.6. The zero-order chi connectivity index (χ0) is 28.0. The molecule has 1 amide bonds. The number of halogens is 2. The molecule has 0 atom stereocenters. The van der Waals surface area contributed by atoms with Gasteiger partial charge < -0.3 is 19.2 Å². The number of nitrogens with zero attached hydrogens (tertiary/aromatic N) is 3. The Morgan fingerprint density at radius 3 is 2.60 bits per heavy atom. The van der Waals surface area contributed by atoms with Crippen molar-refractivity contribution in [2.24, 2.45) is 0 Å². The quantitative estimate of drug-likeness (QED) is 0.254. The minimum atomic E-state index is -0.521. The molecule has 6 nitrogen and oxygen atoms in total. The van der Waals surface area contributed by atoms with E-state index in [9.17, 15) is 9.18 Å². The van der Waals surface area contributed by atoms with E-state index < -0.39 is 5.60 Å². The van der Waals surface area contributed by atoms with Crippen LogP contribution in [0.5, 0.6) is 0 Å². The second-order valence-corrected chi connectivity index (χ2v) is 11.6. The molecule has 0 saturated carbocycles. The lowest BCUT2D eigenvalue weighted by Crippen LogP contribution is -2.41. The molecular weight excluding hydrogens is 510 g/mol. The molecule has 6 rings (SSSR count). The summed E-state index contributed by atoms with van der Waals surface area (Å²) in [4.78, 5) is 22.2. The molecule has 2 aromatic carbocycles. The van der Waals surface area contributed by atoms with Crippen LogP contribution in [0.1, 0.15) is 50.8 Å². The number of likely N-dealkylation sites (tertiary alicyclic amines) is 1. The molecule has 1 saturated heterocycles. The Kier molecular flexibility index (Phi) is 6.56. The van der Waals surface area contributed by atoms with Crippen LogP contribution in [0.4, 0.5) is 13.6 Å². The van der Waals surface area contributed by atoms with Crippen molar-refractivity contribution in [1.82, 2.24) is 19.4 Å². The second-order valence-electron chi connectivity index (χ2n) is 11.6. The van der Waals surface area contributed by atoms with E-state index in [0.29, 0.717) is 30.8 Å². The van der Waals surface area contributed by atoms with Gasteiger partial charge in [0.2, 0.25) is 0 Å². The van der Waals surface area contributed by atoms with Crippen molar-refractivity contribution < 1.29 is 18.3 Å². The molecule has 0 radical (unpaired) electrons. The van der Waals surface area contributed by atoms with E-state index in [4.69, 9.17) is 4.74 Å². The number of hydrogen-bond acceptors (Lipinski definition) is 3. The lowest BCUT2D eigenvalue weighted by Gasteiger charge is -2.33. The number of ether oxygens (including phenoxy) is 1. The van der Waals surface area contributed by atoms with Crippen molar-refractivity contribution >= 4 is 28.0 Å². The number of hydrogen-bond donors (Lipinski definition) is 1. The summed E-state index contributed by atoms with van der Waals surface area (Å²) in [7, 11) is 0. The van der Waals surface area contributed by atoms with Crippen LogP contribution >= 0.6 is 0 Å². The van der Waals surface area contributed by atoms with Crippen molar-refractivity contribution in [1.29, 1.82) is 0 Å². The van der Waals surface area contributed by atoms with Gasteiger partial charge in [0.05, 0.1) is 0 Å². The van der Waals surface area contributed by atoms with Crippen LogP contribution in [-0.4, -0.2) is 44.2 Å². The molecule has 0 aliphatic carbocycles. The van der Waals surface area contributed by atoms with E-state index in [1.807, 2.05) is 55.8 Å². The predicted octanol–water partition coefficient (Wildman–Crippen LogP) is 7.63. The van der Waals surface area contributed by atoms with Crippen molar-refractivity contribution in [3.05, 3.63) is 89.9 Å². The molecule has 0 bridgehead atoms. The lowest BCUT2D eigenvalue weighted by atomic mass is 9.93. The normalized spacial score (nSPS) is 14.8. The number of nitrogens with one attached hydrogen (secondary N) is 1. The van der Waals surface area contributed by atoms with E-state index in [-0.39, 0.29) is 23.6 Å². The number of aromatic amines is 1. The third-order valence-corrected chi connectivity index (χ3v) is 7.53. The Bertz CT molecular complexity index is 1710. The van der Waals surface area contributed by atoms with Gasteiger partial charge >= 0.3 is 6.09 Å². The molecule has 8 heteroatoms. The summed E-state index contributed by atoms with van der Waals surface area (Å²) in [5.41, 5.74) is 4.18. The summed E-state index contributed by atoms with van der Waals surface area (Å²) in [6.45, 7) is 7.32. The van der Waals surface area contributed by atoms with Crippen LogP contribution in [0, 0.1) is 11.6 Å². The highest BCUT2D eigenvalue weighted by atomic mass is 19.1. The van der Waals surface area contributed by atoms with Gasteiger partial charge in [-0.05, 0) is 87.2 Å². The molecule has 1 aliphatic heterocycles. The first kappa shape index (κ1) is 26.0. The molecule has 1 N–H and O–H groups in total. The van der Waals surface area contributed by atoms with Gasteiger partial charge in [-0.15, -0.1) is 0 Å². The average molecular weight is 543 g/mol. The van der Waals surface area contributed by atoms with Crippen LogP contribution in [0.15, 0.2) is 67.0 Å². The average Bonchev–Trinajstić information content (AvgIpc) is 3.51. The summed E-state index contributed by atoms with van der Waals surface area (Å²) >= 11 is 0. The molecule has 0 unspecified atom stereocenters. The second kappa shape index (κ2) is 10.1. The van der Waals surface area contributed by atoms with E-state index in [2.05, 4.69) is 16.0 Å². The first-order chi connectivity index (χ1) is 19.1. The minimum Gasteiger partial charge on any atom is -0.444 e. The van der Waals surface area contributed by atoms with E-state index >= 15 is 4.39 Å². The maximum Gasteiger partial charge on any atom is 0.410 e. The molecule has 40 heavy (non-hydrogen) atoms. The monoisotopic (exact) mass is 542 g/mol. The molecular formula is C32H32F2N4O2. The van der Waals surface area contributed by atoms with Crippen molar-refractivity contribution in [3.63, 3.8) is 0 Å². The Morgan fingerprint density at radius 2 is 1.85 bits per heavy atom. The van der Waals surface area contributed by atoms with E-state index in [1.54, 1.807) is 23.2 Å². The molecule has 3 aromatic heterocycles. The fraction of sp³-hybridized carbons (Fsp3) is 0.312. The highest BCUT2D eigenvalue weighted by Crippen LogP contribution is 2.36. The standard InChI is InChI=1S/C32H32F2N4O2/c1-32(2,3)40-31(39)37-12-8-21(9-13-37)28-17-26-24(7-11-35-30(26)36-28)25-18-29-22(16-27(25)34)10-14-38(29)19-20-5-4-6-23(33)15-20/h4-7,10-11,14-18,21H,8-9,12-13,19H2,1-3H3,(H,35,36). The summed E-state index contributed by atoms with van der Waals surface area (Å²) < 4.78 is 36.8. The van der Waals surface area contributed by atoms with Gasteiger partial charge in [-0.2, -0.15) is 0 Å². The van der Waals surface area contributed by atoms with Gasteiger partial charge in [0.25, 0.3) is 0 Å². The third kappa shape index (κ3) is 5.18. The van der Waals surface area contributed by atoms with Crippen molar-refractivity contribution in [2.45, 2.75) is 51.7 Å². The van der Waals surface area contributed by atoms with Crippen LogP contribution in [0.3, 0.4) is 0 Å². The number of H-pyrrole nitrogens is 1. The Balaban J connectivity index is 1.28. The smallest absolute Gasteiger partial charge is 0.410 e. The number of aromatic nitrogens is 3. The summed E-state index contributed by atoms with van der Waals surface area (Å²) in [5, 5.41) is 1.64. The highest BCUT2D eigenvalue weighted by molar-refractivity contribution is 5.96. The molecule has 4 heterocycles. The number of piperidine rings is 1. The number of amides is 1. The molecule has 1 aliphatic rings. The number of carbonyl (C=O) groups excluding carboxylic acids is 1. The minimum absolute atomic E-state index is 0.233. The van der Waals surface area contributed by atoms with Crippen molar-refractivity contribution in [3.8, 4) is 11.1 Å². The van der Waals surface area contributed by atoms with Crippen LogP contribution in [0.25, 0.3) is 33.1 Å². The number of pyridine rings is 1. The number of benzene rings is 2. The van der Waals surface area contributed by atoms with Gasteiger partial charge in [-0.3, -0.25) is 0 Å². The Morgan fingerprint density at radius 1 is 1.05 bits per heavy atom. The predicted molar refractivity (Wildman–Crippen MR) is 152 cm³/mol. The summed E-state index contributed by atoms with van der Waals surface area (Å²) in [6, 6.07) is 15.7. The third-order valence-electron chi connectivity index (χ3n) is 7.53. The summed E-state index contributed by atoms with van der Waals surface area (Å²) in [6.07, 6.45) is 4.92. The van der Waals surface area contributed by atoms with Gasteiger partial charge in [0.15, 0.2) is 0 Å². The molecule has 206 valence electrons. The maximum absolute atomic E-state index is 15.5. The number of carbonyl (C=O) groups is 1. The fourth-order valence-corrected chi connectivity index (χ4v) is 5.59. The van der Waals surface area contributed by atoms with Crippen LogP contribution in [-0.2, 0) is 11.3 Å². The highest BCUT2D eigenvalue weighted by Gasteiger charge is 2.28. The number of fused-ring (bicyclic) bond motifs is 2. The largest absolute Gasteiger partial charge is 0.444 e. The number of rotatable bonds is 4. The fourth-order valence-electron chi connectivity index (χ4n) is 5.59. The molecule has 0 spiro atoms. The van der Waals surface area contributed by atoms with E-state index in [1.165, 1.54) is 12.1 Å². The Hall–Kier alpha value is -4.20. The van der Waals surface area contributed by atoms with Crippen LogP contribution in [0.2, 0.25) is 0 Å². The molecule has 5 aromatic rings. The first-order valence-electron chi connectivity index (χ1n) is 13.6. The molecule has 1 fully saturated rings. The van der Waals surface area contributed by atoms with Gasteiger partial charge in [0.1, 0.15) is 22.9 Å². The Labute approximate surface area is 231 Å². The van der Waals surface area contributed by atoms with Gasteiger partial charge in [-0.1, -0.05) is 12.1 Å². The zero-order valence-corrected chi connectivity index (χ0v) is 22.9. The lowest BCUT2D eigenvalue weighted by molar-refractivity contribution is 0.0204. The van der Waals surface area contributed by atoms with Gasteiger partial charge in [0, 0.05) is 65.5 Å². The summed E-state index contributed by atoms with van der Waals surface area (Å²) in [5.74, 6) is -0.355. The van der Waals surface area contributed by atoms with Crippen molar-refractivity contribution in [2.75, 3.05) is 13.1 Å². The van der Waals surface area contributed by atoms with Gasteiger partial charge in [-0.25, -0.2) is 18.6 Å². The maximum atomic E-state index is 15.5. The topological polar surface area (TPSA) is 63.1 Å².